The van der Waals surface area contributed by atoms with Gasteiger partial charge in [-0.15, -0.1) is 17.9 Å². The first-order valence-corrected chi connectivity index (χ1v) is 7.88. The molecule has 0 aliphatic carbocycles. The highest BCUT2D eigenvalue weighted by atomic mass is 32.1. The fourth-order valence-electron chi connectivity index (χ4n) is 2.50. The number of nitrogens with two attached hydrogens (primary N) is 1. The Morgan fingerprint density at radius 1 is 1.70 bits per heavy atom. The Labute approximate surface area is 124 Å². The van der Waals surface area contributed by atoms with E-state index in [1.165, 1.54) is 17.8 Å². The number of amides is 1. The second-order valence-corrected chi connectivity index (χ2v) is 6.64. The van der Waals surface area contributed by atoms with Gasteiger partial charge in [-0.05, 0) is 24.3 Å². The lowest BCUT2D eigenvalue weighted by Crippen LogP contribution is -2.23. The number of hydrogen-bond donors (Lipinski definition) is 2. The second-order valence-electron chi connectivity index (χ2n) is 5.61. The van der Waals surface area contributed by atoms with Crippen LogP contribution in [-0.2, 0) is 0 Å². The predicted octanol–water partition coefficient (Wildman–Crippen LogP) is 2.73. The Bertz CT molecular complexity index is 495. The number of anilines is 2. The van der Waals surface area contributed by atoms with Crippen molar-refractivity contribution in [3.05, 3.63) is 23.6 Å². The highest BCUT2D eigenvalue weighted by Gasteiger charge is 2.27. The fourth-order valence-corrected chi connectivity index (χ4v) is 3.53. The van der Waals surface area contributed by atoms with Gasteiger partial charge in [0.1, 0.15) is 4.88 Å². The predicted molar refractivity (Wildman–Crippen MR) is 86.4 cm³/mol. The summed E-state index contributed by atoms with van der Waals surface area (Å²) in [5, 5.41) is 3.88. The van der Waals surface area contributed by atoms with Gasteiger partial charge < -0.3 is 16.0 Å². The van der Waals surface area contributed by atoms with Crippen LogP contribution in [0.4, 0.5) is 10.7 Å². The molecule has 1 aliphatic heterocycles. The lowest BCUT2D eigenvalue weighted by Gasteiger charge is -2.17. The third-order valence-corrected chi connectivity index (χ3v) is 5.05. The van der Waals surface area contributed by atoms with E-state index in [2.05, 4.69) is 30.6 Å². The largest absolute Gasteiger partial charge is 0.397 e. The van der Waals surface area contributed by atoms with Gasteiger partial charge in [-0.3, -0.25) is 4.79 Å². The molecule has 0 saturated carbocycles. The Morgan fingerprint density at radius 2 is 2.45 bits per heavy atom. The first kappa shape index (κ1) is 14.9. The van der Waals surface area contributed by atoms with Crippen LogP contribution in [0, 0.1) is 11.8 Å². The van der Waals surface area contributed by atoms with E-state index in [1.54, 1.807) is 6.08 Å². The maximum atomic E-state index is 12.0. The lowest BCUT2D eigenvalue weighted by molar-refractivity contribution is 0.0963. The van der Waals surface area contributed by atoms with Crippen molar-refractivity contribution in [1.29, 1.82) is 0 Å². The van der Waals surface area contributed by atoms with Crippen molar-refractivity contribution in [3.63, 3.8) is 0 Å². The van der Waals surface area contributed by atoms with Crippen LogP contribution < -0.4 is 16.0 Å². The van der Waals surface area contributed by atoms with E-state index in [1.807, 2.05) is 6.07 Å². The molecule has 2 rings (SSSR count). The molecule has 1 unspecified atom stereocenters. The van der Waals surface area contributed by atoms with Crippen molar-refractivity contribution < 1.29 is 4.79 Å². The molecule has 1 amide bonds. The number of carbonyl (C=O) groups is 1. The topological polar surface area (TPSA) is 58.4 Å². The Kier molecular flexibility index (Phi) is 4.70. The van der Waals surface area contributed by atoms with Crippen LogP contribution in [0.3, 0.4) is 0 Å². The minimum absolute atomic E-state index is 0.113. The maximum Gasteiger partial charge on any atom is 0.263 e. The van der Waals surface area contributed by atoms with E-state index in [0.29, 0.717) is 23.0 Å². The van der Waals surface area contributed by atoms with E-state index < -0.39 is 0 Å². The molecule has 110 valence electrons. The van der Waals surface area contributed by atoms with Crippen molar-refractivity contribution in [2.75, 3.05) is 30.3 Å². The van der Waals surface area contributed by atoms with Crippen LogP contribution in [-0.4, -0.2) is 25.5 Å². The molecule has 1 aromatic heterocycles. The standard InChI is InChI=1S/C15H23N3OS/c1-4-6-17-15(19)14-12(16)8-13(20-14)18-7-5-11(9-18)10(2)3/h4,8,10-11H,1,5-7,9,16H2,2-3H3,(H,17,19). The van der Waals surface area contributed by atoms with Gasteiger partial charge in [0.2, 0.25) is 0 Å². The van der Waals surface area contributed by atoms with Crippen LogP contribution in [0.5, 0.6) is 0 Å². The van der Waals surface area contributed by atoms with E-state index >= 15 is 0 Å². The monoisotopic (exact) mass is 293 g/mol. The van der Waals surface area contributed by atoms with Crippen molar-refractivity contribution in [2.45, 2.75) is 20.3 Å². The fraction of sp³-hybridized carbons (Fsp3) is 0.533. The SMILES string of the molecule is C=CCNC(=O)c1sc(N2CCC(C(C)C)C2)cc1N. The quantitative estimate of drug-likeness (QED) is 0.821. The molecule has 2 heterocycles. The van der Waals surface area contributed by atoms with Crippen LogP contribution in [0.2, 0.25) is 0 Å². The molecule has 0 spiro atoms. The maximum absolute atomic E-state index is 12.0. The molecule has 20 heavy (non-hydrogen) atoms. The van der Waals surface area contributed by atoms with Gasteiger partial charge in [-0.1, -0.05) is 19.9 Å². The number of thiophene rings is 1. The zero-order chi connectivity index (χ0) is 14.7. The van der Waals surface area contributed by atoms with Crippen LogP contribution in [0.25, 0.3) is 0 Å². The number of rotatable bonds is 5. The zero-order valence-electron chi connectivity index (χ0n) is 12.2. The highest BCUT2D eigenvalue weighted by molar-refractivity contribution is 7.18. The third-order valence-electron chi connectivity index (χ3n) is 3.84. The highest BCUT2D eigenvalue weighted by Crippen LogP contribution is 2.36. The number of carbonyl (C=O) groups excluding carboxylic acids is 1. The van der Waals surface area contributed by atoms with Crippen molar-refractivity contribution >= 4 is 27.9 Å². The second kappa shape index (κ2) is 6.31. The molecule has 0 radical (unpaired) electrons. The van der Waals surface area contributed by atoms with E-state index in [-0.39, 0.29) is 5.91 Å². The van der Waals surface area contributed by atoms with Gasteiger partial charge >= 0.3 is 0 Å². The van der Waals surface area contributed by atoms with Gasteiger partial charge in [0.25, 0.3) is 5.91 Å². The van der Waals surface area contributed by atoms with Crippen molar-refractivity contribution in [3.8, 4) is 0 Å². The van der Waals surface area contributed by atoms with Crippen molar-refractivity contribution in [1.82, 2.24) is 5.32 Å². The van der Waals surface area contributed by atoms with Gasteiger partial charge in [0, 0.05) is 19.6 Å². The summed E-state index contributed by atoms with van der Waals surface area (Å²) in [6.45, 7) is 10.7. The summed E-state index contributed by atoms with van der Waals surface area (Å²) in [5.41, 5.74) is 6.54. The summed E-state index contributed by atoms with van der Waals surface area (Å²) in [6, 6.07) is 1.93. The van der Waals surface area contributed by atoms with E-state index in [0.717, 1.165) is 24.0 Å². The molecule has 1 saturated heterocycles. The summed E-state index contributed by atoms with van der Waals surface area (Å²) in [7, 11) is 0. The first-order valence-electron chi connectivity index (χ1n) is 7.06. The minimum atomic E-state index is -0.113. The molecule has 0 bridgehead atoms. The summed E-state index contributed by atoms with van der Waals surface area (Å²) in [5.74, 6) is 1.32. The number of nitrogens with zero attached hydrogens (tertiary/aromatic N) is 1. The molecular formula is C15H23N3OS. The summed E-state index contributed by atoms with van der Waals surface area (Å²) in [6.07, 6.45) is 2.88. The molecule has 1 aliphatic rings. The van der Waals surface area contributed by atoms with Gasteiger partial charge in [0.15, 0.2) is 0 Å². The minimum Gasteiger partial charge on any atom is -0.397 e. The van der Waals surface area contributed by atoms with Gasteiger partial charge in [-0.2, -0.15) is 0 Å². The Morgan fingerprint density at radius 3 is 3.05 bits per heavy atom. The summed E-state index contributed by atoms with van der Waals surface area (Å²) >= 11 is 1.48. The molecule has 4 nitrogen and oxygen atoms in total. The molecule has 1 atom stereocenters. The van der Waals surface area contributed by atoms with Crippen LogP contribution >= 0.6 is 11.3 Å². The van der Waals surface area contributed by atoms with Crippen LogP contribution in [0.1, 0.15) is 29.9 Å². The third kappa shape index (κ3) is 3.15. The summed E-state index contributed by atoms with van der Waals surface area (Å²) < 4.78 is 0. The number of hydrogen-bond acceptors (Lipinski definition) is 4. The first-order chi connectivity index (χ1) is 9.52. The molecular weight excluding hydrogens is 270 g/mol. The van der Waals surface area contributed by atoms with Crippen LogP contribution in [0.15, 0.2) is 18.7 Å². The summed E-state index contributed by atoms with van der Waals surface area (Å²) in [4.78, 5) is 14.9. The smallest absolute Gasteiger partial charge is 0.263 e. The van der Waals surface area contributed by atoms with E-state index in [9.17, 15) is 4.79 Å². The van der Waals surface area contributed by atoms with Gasteiger partial charge in [-0.25, -0.2) is 0 Å². The molecule has 5 heteroatoms. The Hall–Kier alpha value is -1.49. The molecule has 1 aromatic rings. The molecule has 1 fully saturated rings. The van der Waals surface area contributed by atoms with E-state index in [4.69, 9.17) is 5.73 Å². The lowest BCUT2D eigenvalue weighted by atomic mass is 9.95. The zero-order valence-corrected chi connectivity index (χ0v) is 13.0. The van der Waals surface area contributed by atoms with Gasteiger partial charge in [0.05, 0.1) is 10.7 Å². The average Bonchev–Trinajstić information content (AvgIpc) is 3.02. The normalized spacial score (nSPS) is 18.6. The number of nitrogens with one attached hydrogen (secondary N) is 1. The molecule has 3 N–H and O–H groups in total. The average molecular weight is 293 g/mol. The Balaban J connectivity index is 2.08. The molecule has 0 aromatic carbocycles. The number of nitrogen functional groups attached to an aromatic ring is 1. The van der Waals surface area contributed by atoms with Crippen molar-refractivity contribution in [2.24, 2.45) is 11.8 Å².